The Labute approximate surface area is 190 Å². The van der Waals surface area contributed by atoms with Gasteiger partial charge in [0.25, 0.3) is 5.56 Å². The number of imidazole rings is 1. The summed E-state index contributed by atoms with van der Waals surface area (Å²) in [6, 6.07) is 7.21. The summed E-state index contributed by atoms with van der Waals surface area (Å²) in [4.78, 5) is 55.5. The summed E-state index contributed by atoms with van der Waals surface area (Å²) >= 11 is 0. The van der Waals surface area contributed by atoms with E-state index in [4.69, 9.17) is 4.74 Å². The summed E-state index contributed by atoms with van der Waals surface area (Å²) in [5, 5.41) is 2.71. The normalized spacial score (nSPS) is 11.2. The highest BCUT2D eigenvalue weighted by Gasteiger charge is 2.20. The molecule has 0 saturated heterocycles. The van der Waals surface area contributed by atoms with Crippen LogP contribution in [0.25, 0.3) is 11.2 Å². The zero-order valence-electron chi connectivity index (χ0n) is 19.3. The van der Waals surface area contributed by atoms with Gasteiger partial charge in [0.1, 0.15) is 5.82 Å². The molecule has 0 radical (unpaired) electrons. The minimum atomic E-state index is -0.580. The van der Waals surface area contributed by atoms with Crippen LogP contribution in [0.4, 0.5) is 5.69 Å². The molecule has 0 fully saturated rings. The van der Waals surface area contributed by atoms with Gasteiger partial charge in [-0.15, -0.1) is 0 Å². The lowest BCUT2D eigenvalue weighted by Gasteiger charge is -2.12. The number of fused-ring (bicyclic) bond motifs is 1. The van der Waals surface area contributed by atoms with Crippen molar-refractivity contribution >= 4 is 28.7 Å². The molecule has 1 aromatic carbocycles. The maximum Gasteiger partial charge on any atom is 0.330 e. The van der Waals surface area contributed by atoms with Gasteiger partial charge in [-0.2, -0.15) is 0 Å². The molecule has 0 atom stereocenters. The number of nitrogens with zero attached hydrogens (tertiary/aromatic N) is 3. The number of carbonyl (C=O) groups is 2. The molecule has 0 unspecified atom stereocenters. The van der Waals surface area contributed by atoms with Gasteiger partial charge in [0.15, 0.2) is 17.9 Å². The molecule has 0 aliphatic heterocycles. The Bertz CT molecular complexity index is 1270. The Kier molecular flexibility index (Phi) is 7.47. The van der Waals surface area contributed by atoms with E-state index in [2.05, 4.69) is 15.3 Å². The summed E-state index contributed by atoms with van der Waals surface area (Å²) < 4.78 is 8.39. The zero-order valence-corrected chi connectivity index (χ0v) is 19.3. The second-order valence-corrected chi connectivity index (χ2v) is 8.19. The van der Waals surface area contributed by atoms with Crippen molar-refractivity contribution in [2.75, 3.05) is 5.32 Å². The van der Waals surface area contributed by atoms with E-state index >= 15 is 0 Å². The molecule has 3 rings (SSSR count). The van der Waals surface area contributed by atoms with Gasteiger partial charge >= 0.3 is 11.7 Å². The number of carbonyl (C=O) groups excluding carboxylic acids is 2. The second-order valence-electron chi connectivity index (χ2n) is 8.19. The van der Waals surface area contributed by atoms with Crippen LogP contribution >= 0.6 is 0 Å². The fourth-order valence-corrected chi connectivity index (χ4v) is 3.40. The number of anilines is 1. The lowest BCUT2D eigenvalue weighted by molar-refractivity contribution is -0.151. The predicted octanol–water partition coefficient (Wildman–Crippen LogP) is 2.39. The summed E-state index contributed by atoms with van der Waals surface area (Å²) in [5.41, 5.74) is 0.888. The number of benzene rings is 1. The largest absolute Gasteiger partial charge is 0.444 e. The number of esters is 1. The number of aromatic nitrogens is 4. The Morgan fingerprint density at radius 2 is 1.85 bits per heavy atom. The van der Waals surface area contributed by atoms with Crippen LogP contribution in [-0.4, -0.2) is 31.0 Å². The standard InChI is InChI=1S/C23H29N5O5/c1-5-6-11-27-20-19(21(30)26-23(27)32)28(13-33-22(31)14(2)3)18(25-20)12-16-7-9-17(10-8-16)24-15(4)29/h7-10,14H,5-6,11-13H2,1-4H3,(H,24,29)(H,26,30,32). The van der Waals surface area contributed by atoms with Crippen molar-refractivity contribution in [2.24, 2.45) is 5.92 Å². The van der Waals surface area contributed by atoms with E-state index in [-0.39, 0.29) is 29.7 Å². The number of unbranched alkanes of at least 4 members (excludes halogenated alkanes) is 1. The number of nitrogens with one attached hydrogen (secondary N) is 2. The number of amides is 1. The Morgan fingerprint density at radius 3 is 2.45 bits per heavy atom. The SMILES string of the molecule is CCCCn1c(=O)[nH]c(=O)c2c1nc(Cc1ccc(NC(C)=O)cc1)n2COC(=O)C(C)C. The minimum absolute atomic E-state index is 0.166. The number of aryl methyl sites for hydroxylation is 1. The Hall–Kier alpha value is -3.69. The van der Waals surface area contributed by atoms with Gasteiger partial charge in [0.2, 0.25) is 5.91 Å². The van der Waals surface area contributed by atoms with Crippen molar-refractivity contribution in [3.05, 3.63) is 56.5 Å². The monoisotopic (exact) mass is 455 g/mol. The first kappa shape index (κ1) is 24.0. The van der Waals surface area contributed by atoms with Crippen LogP contribution in [0.2, 0.25) is 0 Å². The van der Waals surface area contributed by atoms with E-state index in [9.17, 15) is 19.2 Å². The van der Waals surface area contributed by atoms with Gasteiger partial charge in [-0.1, -0.05) is 39.3 Å². The number of hydrogen-bond acceptors (Lipinski definition) is 6. The molecule has 10 heteroatoms. The van der Waals surface area contributed by atoms with E-state index in [0.717, 1.165) is 18.4 Å². The first-order valence-electron chi connectivity index (χ1n) is 11.0. The third-order valence-corrected chi connectivity index (χ3v) is 5.14. The average molecular weight is 456 g/mol. The quantitative estimate of drug-likeness (QED) is 0.477. The number of H-pyrrole nitrogens is 1. The molecule has 2 N–H and O–H groups in total. The first-order chi connectivity index (χ1) is 15.7. The predicted molar refractivity (Wildman–Crippen MR) is 124 cm³/mol. The summed E-state index contributed by atoms with van der Waals surface area (Å²) in [6.45, 7) is 7.11. The van der Waals surface area contributed by atoms with E-state index in [1.165, 1.54) is 16.1 Å². The summed E-state index contributed by atoms with van der Waals surface area (Å²) in [6.07, 6.45) is 1.94. The topological polar surface area (TPSA) is 128 Å². The highest BCUT2D eigenvalue weighted by atomic mass is 16.5. The molecular weight excluding hydrogens is 426 g/mol. The summed E-state index contributed by atoms with van der Waals surface area (Å²) in [5.74, 6) is -0.417. The Morgan fingerprint density at radius 1 is 1.15 bits per heavy atom. The smallest absolute Gasteiger partial charge is 0.330 e. The molecule has 0 spiro atoms. The van der Waals surface area contributed by atoms with Gasteiger partial charge in [0, 0.05) is 25.6 Å². The van der Waals surface area contributed by atoms with Crippen LogP contribution in [-0.2, 0) is 34.0 Å². The average Bonchev–Trinajstić information content (AvgIpc) is 3.11. The molecule has 1 amide bonds. The van der Waals surface area contributed by atoms with Gasteiger partial charge < -0.3 is 10.1 Å². The third-order valence-electron chi connectivity index (χ3n) is 5.14. The van der Waals surface area contributed by atoms with Crippen LogP contribution in [0.3, 0.4) is 0 Å². The molecule has 0 saturated carbocycles. The number of rotatable bonds is 9. The van der Waals surface area contributed by atoms with Crippen molar-refractivity contribution in [3.8, 4) is 0 Å². The maximum atomic E-state index is 12.7. The van der Waals surface area contributed by atoms with E-state index in [1.807, 2.05) is 19.1 Å². The molecule has 3 aromatic rings. The molecular formula is C23H29N5O5. The molecule has 2 aromatic heterocycles. The molecule has 0 bridgehead atoms. The lowest BCUT2D eigenvalue weighted by atomic mass is 10.1. The molecule has 0 aliphatic carbocycles. The highest BCUT2D eigenvalue weighted by molar-refractivity contribution is 5.88. The zero-order chi connectivity index (χ0) is 24.1. The fraction of sp³-hybridized carbons (Fsp3) is 0.435. The van der Waals surface area contributed by atoms with Gasteiger partial charge in [-0.3, -0.25) is 28.5 Å². The van der Waals surface area contributed by atoms with Crippen molar-refractivity contribution < 1.29 is 14.3 Å². The molecule has 33 heavy (non-hydrogen) atoms. The second kappa shape index (κ2) is 10.3. The van der Waals surface area contributed by atoms with Crippen molar-refractivity contribution in [1.82, 2.24) is 19.1 Å². The van der Waals surface area contributed by atoms with Gasteiger partial charge in [0.05, 0.1) is 5.92 Å². The third kappa shape index (κ3) is 5.57. The fourth-order valence-electron chi connectivity index (χ4n) is 3.40. The van der Waals surface area contributed by atoms with E-state index in [1.54, 1.807) is 26.0 Å². The number of hydrogen-bond donors (Lipinski definition) is 2. The molecule has 176 valence electrons. The maximum absolute atomic E-state index is 12.7. The van der Waals surface area contributed by atoms with Crippen LogP contribution in [0, 0.1) is 5.92 Å². The molecule has 10 nitrogen and oxygen atoms in total. The van der Waals surface area contributed by atoms with Crippen molar-refractivity contribution in [2.45, 2.75) is 60.2 Å². The molecule has 0 aliphatic rings. The van der Waals surface area contributed by atoms with Crippen LogP contribution in [0.15, 0.2) is 33.9 Å². The van der Waals surface area contributed by atoms with Crippen LogP contribution in [0.5, 0.6) is 0 Å². The van der Waals surface area contributed by atoms with E-state index in [0.29, 0.717) is 24.5 Å². The number of aromatic amines is 1. The van der Waals surface area contributed by atoms with Crippen LogP contribution in [0.1, 0.15) is 51.9 Å². The lowest BCUT2D eigenvalue weighted by Crippen LogP contribution is -2.31. The minimum Gasteiger partial charge on any atom is -0.444 e. The van der Waals surface area contributed by atoms with E-state index < -0.39 is 17.2 Å². The summed E-state index contributed by atoms with van der Waals surface area (Å²) in [7, 11) is 0. The van der Waals surface area contributed by atoms with Gasteiger partial charge in [-0.05, 0) is 24.1 Å². The van der Waals surface area contributed by atoms with Crippen LogP contribution < -0.4 is 16.6 Å². The van der Waals surface area contributed by atoms with Crippen molar-refractivity contribution in [3.63, 3.8) is 0 Å². The van der Waals surface area contributed by atoms with Gasteiger partial charge in [-0.25, -0.2) is 9.78 Å². The first-order valence-corrected chi connectivity index (χ1v) is 11.0. The number of ether oxygens (including phenoxy) is 1. The molecule has 2 heterocycles. The van der Waals surface area contributed by atoms with Crippen molar-refractivity contribution in [1.29, 1.82) is 0 Å². The highest BCUT2D eigenvalue weighted by Crippen LogP contribution is 2.18. The Balaban J connectivity index is 2.07.